The van der Waals surface area contributed by atoms with E-state index in [9.17, 15) is 0 Å². The smallest absolute Gasteiger partial charge is 0.0396 e. The van der Waals surface area contributed by atoms with E-state index < -0.39 is 0 Å². The molecule has 1 fully saturated rings. The van der Waals surface area contributed by atoms with Crippen LogP contribution < -0.4 is 10.6 Å². The second-order valence-electron chi connectivity index (χ2n) is 6.30. The molecule has 0 saturated carbocycles. The third-order valence-corrected chi connectivity index (χ3v) is 4.43. The van der Waals surface area contributed by atoms with Gasteiger partial charge in [0.25, 0.3) is 0 Å². The van der Waals surface area contributed by atoms with Crippen LogP contribution in [0.15, 0.2) is 18.2 Å². The van der Waals surface area contributed by atoms with Crippen LogP contribution in [0.2, 0.25) is 0 Å². The number of nitrogens with two attached hydrogens (primary N) is 1. The minimum Gasteiger partial charge on any atom is -0.374 e. The molecule has 1 aromatic carbocycles. The number of hydrogen-bond acceptors (Lipinski definition) is 3. The second-order valence-corrected chi connectivity index (χ2v) is 6.30. The van der Waals surface area contributed by atoms with Crippen LogP contribution in [0.25, 0.3) is 0 Å². The SMILES string of the molecule is Cc1ccc(N(C)CC2CCN(C)CC2)c(CCN)c1. The highest BCUT2D eigenvalue weighted by Gasteiger charge is 2.19. The van der Waals surface area contributed by atoms with Gasteiger partial charge in [-0.3, -0.25) is 0 Å². The van der Waals surface area contributed by atoms with Crippen molar-refractivity contribution in [2.24, 2.45) is 11.7 Å². The summed E-state index contributed by atoms with van der Waals surface area (Å²) in [5.41, 5.74) is 9.83. The Morgan fingerprint density at radius 1 is 1.30 bits per heavy atom. The van der Waals surface area contributed by atoms with Crippen molar-refractivity contribution >= 4 is 5.69 Å². The van der Waals surface area contributed by atoms with Crippen LogP contribution in [-0.4, -0.2) is 45.2 Å². The number of hydrogen-bond donors (Lipinski definition) is 1. The summed E-state index contributed by atoms with van der Waals surface area (Å²) in [6, 6.07) is 6.75. The van der Waals surface area contributed by atoms with Crippen molar-refractivity contribution in [1.82, 2.24) is 4.90 Å². The number of piperidine rings is 1. The lowest BCUT2D eigenvalue weighted by molar-refractivity contribution is 0.222. The van der Waals surface area contributed by atoms with Crippen molar-refractivity contribution in [3.05, 3.63) is 29.3 Å². The normalized spacial score (nSPS) is 17.4. The van der Waals surface area contributed by atoms with E-state index in [2.05, 4.69) is 49.0 Å². The van der Waals surface area contributed by atoms with Gasteiger partial charge in [-0.25, -0.2) is 0 Å². The van der Waals surface area contributed by atoms with Crippen LogP contribution in [-0.2, 0) is 6.42 Å². The molecule has 1 saturated heterocycles. The summed E-state index contributed by atoms with van der Waals surface area (Å²) >= 11 is 0. The van der Waals surface area contributed by atoms with Crippen LogP contribution in [0.3, 0.4) is 0 Å². The quantitative estimate of drug-likeness (QED) is 0.895. The third kappa shape index (κ3) is 3.97. The molecule has 0 aliphatic carbocycles. The molecule has 112 valence electrons. The predicted molar refractivity (Wildman–Crippen MR) is 87.4 cm³/mol. The highest BCUT2D eigenvalue weighted by atomic mass is 15.1. The molecule has 0 atom stereocenters. The van der Waals surface area contributed by atoms with Gasteiger partial charge in [-0.1, -0.05) is 17.7 Å². The Bertz CT molecular complexity index is 422. The summed E-state index contributed by atoms with van der Waals surface area (Å²) in [6.07, 6.45) is 3.60. The first-order valence-corrected chi connectivity index (χ1v) is 7.79. The minimum atomic E-state index is 0.721. The van der Waals surface area contributed by atoms with Crippen LogP contribution in [0.4, 0.5) is 5.69 Å². The molecule has 2 N–H and O–H groups in total. The van der Waals surface area contributed by atoms with Crippen molar-refractivity contribution in [2.75, 3.05) is 45.2 Å². The fourth-order valence-corrected chi connectivity index (χ4v) is 3.17. The van der Waals surface area contributed by atoms with Gasteiger partial charge in [0.05, 0.1) is 0 Å². The highest BCUT2D eigenvalue weighted by Crippen LogP contribution is 2.25. The molecule has 2 rings (SSSR count). The lowest BCUT2D eigenvalue weighted by Gasteiger charge is -2.33. The van der Waals surface area contributed by atoms with Crippen LogP contribution in [0.1, 0.15) is 24.0 Å². The summed E-state index contributed by atoms with van der Waals surface area (Å²) in [5, 5.41) is 0. The van der Waals surface area contributed by atoms with Gasteiger partial charge in [0.2, 0.25) is 0 Å². The van der Waals surface area contributed by atoms with Crippen LogP contribution in [0.5, 0.6) is 0 Å². The molecule has 0 spiro atoms. The van der Waals surface area contributed by atoms with Gasteiger partial charge in [0.15, 0.2) is 0 Å². The minimum absolute atomic E-state index is 0.721. The zero-order chi connectivity index (χ0) is 14.5. The van der Waals surface area contributed by atoms with Gasteiger partial charge in [-0.15, -0.1) is 0 Å². The van der Waals surface area contributed by atoms with Crippen LogP contribution in [0, 0.1) is 12.8 Å². The van der Waals surface area contributed by atoms with E-state index in [1.165, 1.54) is 42.7 Å². The Morgan fingerprint density at radius 2 is 2.00 bits per heavy atom. The molecule has 20 heavy (non-hydrogen) atoms. The fourth-order valence-electron chi connectivity index (χ4n) is 3.17. The zero-order valence-electron chi connectivity index (χ0n) is 13.2. The van der Waals surface area contributed by atoms with Gasteiger partial charge in [0.1, 0.15) is 0 Å². The van der Waals surface area contributed by atoms with E-state index in [1.54, 1.807) is 0 Å². The first-order valence-electron chi connectivity index (χ1n) is 7.79. The van der Waals surface area contributed by atoms with Gasteiger partial charge in [0, 0.05) is 19.3 Å². The summed E-state index contributed by atoms with van der Waals surface area (Å²) in [4.78, 5) is 4.86. The standard InChI is InChI=1S/C17H29N3/c1-14-4-5-17(16(12-14)6-9-18)20(3)13-15-7-10-19(2)11-8-15/h4-5,12,15H,6-11,13,18H2,1-3H3. The Labute approximate surface area is 123 Å². The molecule has 3 heteroatoms. The van der Waals surface area contributed by atoms with E-state index >= 15 is 0 Å². The Hall–Kier alpha value is -1.06. The largest absolute Gasteiger partial charge is 0.374 e. The number of nitrogens with zero attached hydrogens (tertiary/aromatic N) is 2. The Kier molecular flexibility index (Phi) is 5.44. The van der Waals surface area contributed by atoms with E-state index in [-0.39, 0.29) is 0 Å². The van der Waals surface area contributed by atoms with Gasteiger partial charge in [-0.05, 0) is 70.4 Å². The number of aryl methyl sites for hydroxylation is 1. The molecular formula is C17H29N3. The third-order valence-electron chi connectivity index (χ3n) is 4.43. The number of anilines is 1. The Balaban J connectivity index is 2.02. The van der Waals surface area contributed by atoms with Crippen molar-refractivity contribution in [3.63, 3.8) is 0 Å². The number of rotatable bonds is 5. The zero-order valence-corrected chi connectivity index (χ0v) is 13.2. The second kappa shape index (κ2) is 7.09. The maximum absolute atomic E-state index is 5.76. The summed E-state index contributed by atoms with van der Waals surface area (Å²) in [5.74, 6) is 0.822. The van der Waals surface area contributed by atoms with E-state index in [1.807, 2.05) is 0 Å². The maximum atomic E-state index is 5.76. The molecule has 0 aromatic heterocycles. The molecule has 0 unspecified atom stereocenters. The van der Waals surface area contributed by atoms with E-state index in [0.29, 0.717) is 0 Å². The molecule has 1 aromatic rings. The van der Waals surface area contributed by atoms with Gasteiger partial charge >= 0.3 is 0 Å². The van der Waals surface area contributed by atoms with E-state index in [0.717, 1.165) is 25.4 Å². The van der Waals surface area contributed by atoms with Crippen LogP contribution >= 0.6 is 0 Å². The summed E-state index contributed by atoms with van der Waals surface area (Å²) in [6.45, 7) is 6.51. The number of likely N-dealkylation sites (tertiary alicyclic amines) is 1. The molecule has 1 aliphatic heterocycles. The van der Waals surface area contributed by atoms with Crippen molar-refractivity contribution in [1.29, 1.82) is 0 Å². The maximum Gasteiger partial charge on any atom is 0.0396 e. The van der Waals surface area contributed by atoms with E-state index in [4.69, 9.17) is 5.73 Å². The highest BCUT2D eigenvalue weighted by molar-refractivity contribution is 5.54. The Morgan fingerprint density at radius 3 is 2.65 bits per heavy atom. The molecule has 0 bridgehead atoms. The van der Waals surface area contributed by atoms with Gasteiger partial charge in [-0.2, -0.15) is 0 Å². The topological polar surface area (TPSA) is 32.5 Å². The fraction of sp³-hybridized carbons (Fsp3) is 0.647. The predicted octanol–water partition coefficient (Wildman–Crippen LogP) is 2.27. The first kappa shape index (κ1) is 15.3. The van der Waals surface area contributed by atoms with Crippen molar-refractivity contribution in [3.8, 4) is 0 Å². The summed E-state index contributed by atoms with van der Waals surface area (Å²) in [7, 11) is 4.45. The lowest BCUT2D eigenvalue weighted by atomic mass is 9.96. The molecule has 0 amide bonds. The lowest BCUT2D eigenvalue weighted by Crippen LogP contribution is -2.36. The summed E-state index contributed by atoms with van der Waals surface area (Å²) < 4.78 is 0. The molecule has 3 nitrogen and oxygen atoms in total. The average molecular weight is 275 g/mol. The molecular weight excluding hydrogens is 246 g/mol. The monoisotopic (exact) mass is 275 g/mol. The number of benzene rings is 1. The van der Waals surface area contributed by atoms with Gasteiger partial charge < -0.3 is 15.5 Å². The molecule has 1 aliphatic rings. The average Bonchev–Trinajstić information content (AvgIpc) is 2.42. The molecule has 0 radical (unpaired) electrons. The molecule has 1 heterocycles. The van der Waals surface area contributed by atoms with Crippen molar-refractivity contribution in [2.45, 2.75) is 26.2 Å². The first-order chi connectivity index (χ1) is 9.60. The van der Waals surface area contributed by atoms with Crippen molar-refractivity contribution < 1.29 is 0 Å².